The summed E-state index contributed by atoms with van der Waals surface area (Å²) in [5.41, 5.74) is 1.26. The number of sulfone groups is 1. The Morgan fingerprint density at radius 3 is 2.54 bits per heavy atom. The zero-order chi connectivity index (χ0) is 17.4. The van der Waals surface area contributed by atoms with Crippen LogP contribution in [0.2, 0.25) is 0 Å². The van der Waals surface area contributed by atoms with E-state index in [0.29, 0.717) is 24.3 Å². The quantitative estimate of drug-likeness (QED) is 0.745. The molecule has 2 aromatic rings. The Morgan fingerprint density at radius 1 is 1.08 bits per heavy atom. The second kappa shape index (κ2) is 8.49. The first kappa shape index (κ1) is 18.0. The summed E-state index contributed by atoms with van der Waals surface area (Å²) in [4.78, 5) is 12.0. The molecule has 0 aliphatic rings. The van der Waals surface area contributed by atoms with Gasteiger partial charge in [0.25, 0.3) is 5.91 Å². The number of nitrogens with one attached hydrogen (secondary N) is 1. The van der Waals surface area contributed by atoms with Crippen LogP contribution in [0.25, 0.3) is 0 Å². The molecule has 0 heterocycles. The first-order chi connectivity index (χ1) is 11.5. The Balaban J connectivity index is 1.78. The topological polar surface area (TPSA) is 72.5 Å². The van der Waals surface area contributed by atoms with Gasteiger partial charge in [-0.3, -0.25) is 4.79 Å². The molecule has 0 aliphatic carbocycles. The lowest BCUT2D eigenvalue weighted by molar-refractivity contribution is 0.0953. The van der Waals surface area contributed by atoms with Crippen molar-refractivity contribution >= 4 is 15.7 Å². The lowest BCUT2D eigenvalue weighted by atomic mass is 10.2. The van der Waals surface area contributed by atoms with E-state index >= 15 is 0 Å². The highest BCUT2D eigenvalue weighted by molar-refractivity contribution is 7.90. The molecular weight excluding hydrogens is 326 g/mol. The van der Waals surface area contributed by atoms with E-state index in [1.807, 2.05) is 18.2 Å². The maximum absolute atomic E-state index is 12.1. The summed E-state index contributed by atoms with van der Waals surface area (Å²) in [5.74, 6) is 0.431. The minimum absolute atomic E-state index is 0.0255. The Labute approximate surface area is 142 Å². The van der Waals surface area contributed by atoms with Crippen molar-refractivity contribution in [1.29, 1.82) is 0 Å². The van der Waals surface area contributed by atoms with E-state index in [1.165, 1.54) is 7.11 Å². The SMILES string of the molecule is COc1cccc(C(=O)NCCCS(=O)(=O)Cc2ccccc2)c1. The normalized spacial score (nSPS) is 11.0. The third kappa shape index (κ3) is 5.70. The molecule has 0 saturated carbocycles. The van der Waals surface area contributed by atoms with Crippen molar-refractivity contribution in [2.75, 3.05) is 19.4 Å². The van der Waals surface area contributed by atoms with Crippen LogP contribution in [0, 0.1) is 0 Å². The molecule has 5 nitrogen and oxygen atoms in total. The molecule has 0 atom stereocenters. The summed E-state index contributed by atoms with van der Waals surface area (Å²) in [6.45, 7) is 0.310. The van der Waals surface area contributed by atoms with Crippen LogP contribution in [0.5, 0.6) is 5.75 Å². The molecule has 0 bridgehead atoms. The summed E-state index contributed by atoms with van der Waals surface area (Å²) >= 11 is 0. The van der Waals surface area contributed by atoms with Crippen LogP contribution >= 0.6 is 0 Å². The molecule has 0 aliphatic heterocycles. The van der Waals surface area contributed by atoms with Crippen LogP contribution < -0.4 is 10.1 Å². The number of ether oxygens (including phenoxy) is 1. The molecule has 6 heteroatoms. The number of hydrogen-bond donors (Lipinski definition) is 1. The highest BCUT2D eigenvalue weighted by Gasteiger charge is 2.12. The number of benzene rings is 2. The van der Waals surface area contributed by atoms with Crippen molar-refractivity contribution in [2.24, 2.45) is 0 Å². The molecule has 1 amide bonds. The van der Waals surface area contributed by atoms with Gasteiger partial charge in [-0.1, -0.05) is 36.4 Å². The highest BCUT2D eigenvalue weighted by Crippen LogP contribution is 2.12. The number of carbonyl (C=O) groups is 1. The fourth-order valence-corrected chi connectivity index (χ4v) is 3.69. The molecule has 2 aromatic carbocycles. The Bertz CT molecular complexity index is 773. The summed E-state index contributed by atoms with van der Waals surface area (Å²) in [7, 11) is -1.64. The van der Waals surface area contributed by atoms with Crippen LogP contribution in [0.4, 0.5) is 0 Å². The summed E-state index contributed by atoms with van der Waals surface area (Å²) in [6.07, 6.45) is 0.380. The molecule has 0 radical (unpaired) electrons. The van der Waals surface area contributed by atoms with E-state index in [4.69, 9.17) is 4.74 Å². The lowest BCUT2D eigenvalue weighted by Gasteiger charge is -2.07. The molecule has 1 N–H and O–H groups in total. The van der Waals surface area contributed by atoms with E-state index in [9.17, 15) is 13.2 Å². The zero-order valence-electron chi connectivity index (χ0n) is 13.6. The number of amides is 1. The van der Waals surface area contributed by atoms with Crippen LogP contribution in [0.1, 0.15) is 22.3 Å². The van der Waals surface area contributed by atoms with Gasteiger partial charge in [0.1, 0.15) is 5.75 Å². The smallest absolute Gasteiger partial charge is 0.251 e. The first-order valence-electron chi connectivity index (χ1n) is 7.67. The molecular formula is C18H21NO4S. The minimum Gasteiger partial charge on any atom is -0.497 e. The van der Waals surface area contributed by atoms with Gasteiger partial charge in [-0.2, -0.15) is 0 Å². The second-order valence-corrected chi connectivity index (χ2v) is 7.60. The van der Waals surface area contributed by atoms with Crippen molar-refractivity contribution in [3.63, 3.8) is 0 Å². The Morgan fingerprint density at radius 2 is 1.83 bits per heavy atom. The molecule has 0 aromatic heterocycles. The third-order valence-electron chi connectivity index (χ3n) is 3.48. The Kier molecular flexibility index (Phi) is 6.37. The van der Waals surface area contributed by atoms with Crippen LogP contribution in [0.3, 0.4) is 0 Å². The molecule has 0 fully saturated rings. The first-order valence-corrected chi connectivity index (χ1v) is 9.49. The van der Waals surface area contributed by atoms with Gasteiger partial charge in [0.15, 0.2) is 9.84 Å². The van der Waals surface area contributed by atoms with E-state index in [-0.39, 0.29) is 17.4 Å². The summed E-state index contributed by atoms with van der Waals surface area (Å²) in [5, 5.41) is 2.73. The van der Waals surface area contributed by atoms with Crippen molar-refractivity contribution in [2.45, 2.75) is 12.2 Å². The average molecular weight is 347 g/mol. The highest BCUT2D eigenvalue weighted by atomic mass is 32.2. The van der Waals surface area contributed by atoms with Gasteiger partial charge in [-0.15, -0.1) is 0 Å². The van der Waals surface area contributed by atoms with Gasteiger partial charge >= 0.3 is 0 Å². The van der Waals surface area contributed by atoms with Gasteiger partial charge in [0, 0.05) is 12.1 Å². The van der Waals surface area contributed by atoms with E-state index < -0.39 is 9.84 Å². The monoisotopic (exact) mass is 347 g/mol. The number of rotatable bonds is 8. The third-order valence-corrected chi connectivity index (χ3v) is 5.16. The summed E-state index contributed by atoms with van der Waals surface area (Å²) < 4.78 is 29.2. The molecule has 24 heavy (non-hydrogen) atoms. The van der Waals surface area contributed by atoms with Gasteiger partial charge in [-0.05, 0) is 30.2 Å². The zero-order valence-corrected chi connectivity index (χ0v) is 14.4. The molecule has 0 spiro atoms. The fourth-order valence-electron chi connectivity index (χ4n) is 2.26. The maximum Gasteiger partial charge on any atom is 0.251 e. The van der Waals surface area contributed by atoms with Crippen molar-refractivity contribution in [3.05, 3.63) is 65.7 Å². The predicted molar refractivity (Wildman–Crippen MR) is 93.9 cm³/mol. The Hall–Kier alpha value is -2.34. The number of methoxy groups -OCH3 is 1. The van der Waals surface area contributed by atoms with Crippen molar-refractivity contribution in [3.8, 4) is 5.75 Å². The number of carbonyl (C=O) groups excluding carboxylic acids is 1. The van der Waals surface area contributed by atoms with E-state index in [0.717, 1.165) is 5.56 Å². The van der Waals surface area contributed by atoms with Crippen molar-refractivity contribution < 1.29 is 17.9 Å². The van der Waals surface area contributed by atoms with Gasteiger partial charge < -0.3 is 10.1 Å². The molecule has 0 unspecified atom stereocenters. The molecule has 2 rings (SSSR count). The molecule has 0 saturated heterocycles. The average Bonchev–Trinajstić information content (AvgIpc) is 2.59. The van der Waals surface area contributed by atoms with Crippen molar-refractivity contribution in [1.82, 2.24) is 5.32 Å². The number of hydrogen-bond acceptors (Lipinski definition) is 4. The standard InChI is InChI=1S/C18H21NO4S/c1-23-17-10-5-9-16(13-17)18(20)19-11-6-12-24(21,22)14-15-7-3-2-4-8-15/h2-5,7-10,13H,6,11-12,14H2,1H3,(H,19,20). The van der Waals surface area contributed by atoms with E-state index in [2.05, 4.69) is 5.32 Å². The second-order valence-electron chi connectivity index (χ2n) is 5.42. The fraction of sp³-hybridized carbons (Fsp3) is 0.278. The van der Waals surface area contributed by atoms with Gasteiger partial charge in [-0.25, -0.2) is 8.42 Å². The molecule has 128 valence electrons. The minimum atomic E-state index is -3.18. The maximum atomic E-state index is 12.1. The lowest BCUT2D eigenvalue weighted by Crippen LogP contribution is -2.26. The van der Waals surface area contributed by atoms with Crippen LogP contribution in [0.15, 0.2) is 54.6 Å². The van der Waals surface area contributed by atoms with Gasteiger partial charge in [0.2, 0.25) is 0 Å². The van der Waals surface area contributed by atoms with E-state index in [1.54, 1.807) is 36.4 Å². The largest absolute Gasteiger partial charge is 0.497 e. The van der Waals surface area contributed by atoms with Gasteiger partial charge in [0.05, 0.1) is 18.6 Å². The summed E-state index contributed by atoms with van der Waals surface area (Å²) in [6, 6.07) is 15.9. The van der Waals surface area contributed by atoms with Crippen LogP contribution in [-0.4, -0.2) is 33.7 Å². The predicted octanol–water partition coefficient (Wildman–Crippen LogP) is 2.43. The van der Waals surface area contributed by atoms with Crippen LogP contribution in [-0.2, 0) is 15.6 Å².